The number of fused-ring (bicyclic) bond motifs is 1. The molecule has 0 aliphatic carbocycles. The van der Waals surface area contributed by atoms with Crippen LogP contribution in [0.25, 0.3) is 11.0 Å². The van der Waals surface area contributed by atoms with Crippen LogP contribution in [0.1, 0.15) is 34.0 Å². The molecule has 0 saturated heterocycles. The minimum absolute atomic E-state index is 0.264. The zero-order valence-corrected chi connectivity index (χ0v) is 19.7. The van der Waals surface area contributed by atoms with Crippen molar-refractivity contribution in [3.05, 3.63) is 94.0 Å². The van der Waals surface area contributed by atoms with Crippen molar-refractivity contribution in [2.45, 2.75) is 30.6 Å². The summed E-state index contributed by atoms with van der Waals surface area (Å²) in [5.41, 5.74) is 2.78. The van der Waals surface area contributed by atoms with Gasteiger partial charge in [-0.1, -0.05) is 47.6 Å². The van der Waals surface area contributed by atoms with Crippen molar-refractivity contribution >= 4 is 40.4 Å². The Balaban J connectivity index is 1.69. The van der Waals surface area contributed by atoms with E-state index in [0.717, 1.165) is 23.2 Å². The fourth-order valence-electron chi connectivity index (χ4n) is 3.47. The molecule has 0 amide bonds. The Morgan fingerprint density at radius 1 is 1.06 bits per heavy atom. The largest absolute Gasteiger partial charge is 0.462 e. The van der Waals surface area contributed by atoms with Crippen LogP contribution in [0.5, 0.6) is 0 Å². The molecule has 3 aromatic carbocycles. The number of hydrogen-bond donors (Lipinski definition) is 0. The molecule has 4 aromatic rings. The molecule has 0 radical (unpaired) electrons. The Morgan fingerprint density at radius 3 is 2.50 bits per heavy atom. The van der Waals surface area contributed by atoms with E-state index in [1.165, 1.54) is 23.9 Å². The van der Waals surface area contributed by atoms with E-state index in [-0.39, 0.29) is 6.61 Å². The Kier molecular flexibility index (Phi) is 7.19. The first-order chi connectivity index (χ1) is 16.2. The second-order valence-corrected chi connectivity index (χ2v) is 8.90. The molecule has 0 N–H and O–H groups in total. The third kappa shape index (κ3) is 5.56. The zero-order valence-electron chi connectivity index (χ0n) is 18.1. The van der Waals surface area contributed by atoms with E-state index < -0.39 is 17.7 Å². The molecule has 176 valence electrons. The molecular formula is C25H20ClF3N2O2S. The SMILES string of the molecule is CCOC(=O)c1ccc2c(c1)nc(SCc1cccc(Cl)c1)n2Cc1ccc(C(F)(F)F)cc1. The van der Waals surface area contributed by atoms with Crippen molar-refractivity contribution in [2.24, 2.45) is 0 Å². The van der Waals surface area contributed by atoms with Crippen LogP contribution in [0.4, 0.5) is 13.2 Å². The van der Waals surface area contributed by atoms with Gasteiger partial charge >= 0.3 is 12.1 Å². The third-order valence-electron chi connectivity index (χ3n) is 5.10. The summed E-state index contributed by atoms with van der Waals surface area (Å²) in [6, 6.07) is 17.7. The number of imidazole rings is 1. The van der Waals surface area contributed by atoms with Crippen LogP contribution in [0.15, 0.2) is 71.9 Å². The lowest BCUT2D eigenvalue weighted by Crippen LogP contribution is -2.06. The quantitative estimate of drug-likeness (QED) is 0.197. The highest BCUT2D eigenvalue weighted by molar-refractivity contribution is 7.98. The molecule has 1 heterocycles. The molecule has 0 spiro atoms. The average Bonchev–Trinajstić information content (AvgIpc) is 3.14. The molecule has 1 aromatic heterocycles. The molecule has 0 saturated carbocycles. The number of carbonyl (C=O) groups excluding carboxylic acids is 1. The Hall–Kier alpha value is -2.97. The van der Waals surface area contributed by atoms with Gasteiger partial charge in [0.25, 0.3) is 0 Å². The van der Waals surface area contributed by atoms with Gasteiger partial charge in [0.15, 0.2) is 5.16 Å². The van der Waals surface area contributed by atoms with Crippen LogP contribution in [-0.2, 0) is 23.2 Å². The number of alkyl halides is 3. The summed E-state index contributed by atoms with van der Waals surface area (Å²) >= 11 is 7.58. The number of nitrogens with zero attached hydrogens (tertiary/aromatic N) is 2. The standard InChI is InChI=1S/C25H20ClF3N2O2S/c1-2-33-23(32)18-8-11-22-21(13-18)30-24(34-15-17-4-3-5-20(26)12-17)31(22)14-16-6-9-19(10-7-16)25(27,28)29/h3-13H,2,14-15H2,1H3. The van der Waals surface area contributed by atoms with Crippen LogP contribution in [0.3, 0.4) is 0 Å². The number of thioether (sulfide) groups is 1. The van der Waals surface area contributed by atoms with E-state index in [4.69, 9.17) is 21.3 Å². The van der Waals surface area contributed by atoms with Gasteiger partial charge in [-0.2, -0.15) is 13.2 Å². The molecule has 9 heteroatoms. The molecule has 0 atom stereocenters. The zero-order chi connectivity index (χ0) is 24.3. The van der Waals surface area contributed by atoms with Gasteiger partial charge in [0.2, 0.25) is 0 Å². The second-order valence-electron chi connectivity index (χ2n) is 7.52. The van der Waals surface area contributed by atoms with E-state index in [0.29, 0.717) is 39.1 Å². The Morgan fingerprint density at radius 2 is 1.82 bits per heavy atom. The summed E-state index contributed by atoms with van der Waals surface area (Å²) in [6.07, 6.45) is -4.39. The van der Waals surface area contributed by atoms with E-state index in [2.05, 4.69) is 0 Å². The lowest BCUT2D eigenvalue weighted by Gasteiger charge is -2.11. The highest BCUT2D eigenvalue weighted by atomic mass is 35.5. The predicted octanol–water partition coefficient (Wildman–Crippen LogP) is 7.23. The second kappa shape index (κ2) is 10.1. The van der Waals surface area contributed by atoms with Crippen molar-refractivity contribution in [3.63, 3.8) is 0 Å². The molecule has 0 unspecified atom stereocenters. The minimum Gasteiger partial charge on any atom is -0.462 e. The van der Waals surface area contributed by atoms with E-state index in [9.17, 15) is 18.0 Å². The van der Waals surface area contributed by atoms with Gasteiger partial charge in [0.1, 0.15) is 0 Å². The van der Waals surface area contributed by atoms with E-state index in [1.807, 2.05) is 22.8 Å². The summed E-state index contributed by atoms with van der Waals surface area (Å²) in [6.45, 7) is 2.32. The summed E-state index contributed by atoms with van der Waals surface area (Å²) < 4.78 is 45.9. The molecular weight excluding hydrogens is 485 g/mol. The fraction of sp³-hybridized carbons (Fsp3) is 0.200. The van der Waals surface area contributed by atoms with Crippen LogP contribution in [0.2, 0.25) is 5.02 Å². The number of ether oxygens (including phenoxy) is 1. The molecule has 0 bridgehead atoms. The number of rotatable bonds is 7. The normalized spacial score (nSPS) is 11.7. The van der Waals surface area contributed by atoms with Crippen molar-refractivity contribution < 1.29 is 22.7 Å². The molecule has 4 rings (SSSR count). The summed E-state index contributed by atoms with van der Waals surface area (Å²) in [5, 5.41) is 1.31. The van der Waals surface area contributed by atoms with Gasteiger partial charge in [0, 0.05) is 10.8 Å². The molecule has 0 aliphatic rings. The predicted molar refractivity (Wildman–Crippen MR) is 127 cm³/mol. The van der Waals surface area contributed by atoms with Gasteiger partial charge in [-0.15, -0.1) is 0 Å². The van der Waals surface area contributed by atoms with Gasteiger partial charge in [0.05, 0.1) is 35.3 Å². The fourth-order valence-corrected chi connectivity index (χ4v) is 4.64. The number of benzene rings is 3. The van der Waals surface area contributed by atoms with Crippen LogP contribution in [-0.4, -0.2) is 22.1 Å². The van der Waals surface area contributed by atoms with Gasteiger partial charge in [-0.25, -0.2) is 9.78 Å². The maximum absolute atomic E-state index is 13.0. The van der Waals surface area contributed by atoms with Crippen molar-refractivity contribution in [1.82, 2.24) is 9.55 Å². The van der Waals surface area contributed by atoms with Crippen LogP contribution >= 0.6 is 23.4 Å². The van der Waals surface area contributed by atoms with Crippen molar-refractivity contribution in [1.29, 1.82) is 0 Å². The monoisotopic (exact) mass is 504 g/mol. The highest BCUT2D eigenvalue weighted by Crippen LogP contribution is 2.31. The highest BCUT2D eigenvalue weighted by Gasteiger charge is 2.30. The summed E-state index contributed by atoms with van der Waals surface area (Å²) in [7, 11) is 0. The number of carbonyl (C=O) groups is 1. The molecule has 34 heavy (non-hydrogen) atoms. The maximum atomic E-state index is 13.0. The molecule has 4 nitrogen and oxygen atoms in total. The van der Waals surface area contributed by atoms with Gasteiger partial charge in [-0.05, 0) is 60.5 Å². The number of esters is 1. The van der Waals surface area contributed by atoms with E-state index in [1.54, 1.807) is 31.2 Å². The average molecular weight is 505 g/mol. The molecule has 0 aliphatic heterocycles. The van der Waals surface area contributed by atoms with E-state index >= 15 is 0 Å². The van der Waals surface area contributed by atoms with Crippen molar-refractivity contribution in [3.8, 4) is 0 Å². The molecule has 0 fully saturated rings. The number of aromatic nitrogens is 2. The smallest absolute Gasteiger partial charge is 0.416 e. The topological polar surface area (TPSA) is 44.1 Å². The lowest BCUT2D eigenvalue weighted by molar-refractivity contribution is -0.137. The van der Waals surface area contributed by atoms with Crippen LogP contribution in [0, 0.1) is 0 Å². The number of hydrogen-bond acceptors (Lipinski definition) is 4. The summed E-state index contributed by atoms with van der Waals surface area (Å²) in [5.74, 6) is 0.163. The van der Waals surface area contributed by atoms with Crippen LogP contribution < -0.4 is 0 Å². The number of halogens is 4. The lowest BCUT2D eigenvalue weighted by atomic mass is 10.1. The van der Waals surface area contributed by atoms with Gasteiger partial charge in [-0.3, -0.25) is 0 Å². The first-order valence-electron chi connectivity index (χ1n) is 10.5. The van der Waals surface area contributed by atoms with Gasteiger partial charge < -0.3 is 9.30 Å². The first-order valence-corrected chi connectivity index (χ1v) is 11.8. The van der Waals surface area contributed by atoms with Crippen molar-refractivity contribution in [2.75, 3.05) is 6.61 Å². The third-order valence-corrected chi connectivity index (χ3v) is 6.39. The minimum atomic E-state index is -4.39. The summed E-state index contributed by atoms with van der Waals surface area (Å²) in [4.78, 5) is 16.9. The Labute approximate surface area is 203 Å². The first kappa shape index (κ1) is 24.2. The Bertz CT molecular complexity index is 1320. The maximum Gasteiger partial charge on any atom is 0.416 e.